The number of para-hydroxylation sites is 1. The second kappa shape index (κ2) is 12.5. The lowest BCUT2D eigenvalue weighted by Crippen LogP contribution is -2.50. The van der Waals surface area contributed by atoms with E-state index < -0.39 is 17.1 Å². The van der Waals surface area contributed by atoms with E-state index in [1.807, 2.05) is 48.5 Å². The molecule has 1 aliphatic rings. The summed E-state index contributed by atoms with van der Waals surface area (Å²) < 4.78 is 12.9. The van der Waals surface area contributed by atoms with Gasteiger partial charge in [0.2, 0.25) is 0 Å². The minimum Gasteiger partial charge on any atom is -0.428 e. The molecule has 0 spiro atoms. The Kier molecular flexibility index (Phi) is 10.6. The lowest BCUT2D eigenvalue weighted by atomic mass is 10.0. The van der Waals surface area contributed by atoms with Crippen LogP contribution in [0.4, 0.5) is 0 Å². The van der Waals surface area contributed by atoms with Gasteiger partial charge in [-0.05, 0) is 75.0 Å². The van der Waals surface area contributed by atoms with Crippen molar-refractivity contribution in [2.24, 2.45) is 0 Å². The van der Waals surface area contributed by atoms with E-state index in [2.05, 4.69) is 5.32 Å². The number of thiocarbonyl (C=S) groups is 1. The molecule has 0 aliphatic heterocycles. The molecule has 180 valence electrons. The summed E-state index contributed by atoms with van der Waals surface area (Å²) in [6, 6.07) is 18.5. The molecule has 1 saturated carbocycles. The summed E-state index contributed by atoms with van der Waals surface area (Å²) in [4.78, 5) is -0.633. The average molecular weight is 548 g/mol. The molecule has 0 amide bonds. The highest BCUT2D eigenvalue weighted by atomic mass is 35.5. The predicted octanol–water partition coefficient (Wildman–Crippen LogP) is 5.97. The standard InChI is InChI=1S/C16H23ClN3O3PS2.C6H5Cl/c1-3-22-24(26,23-13-7-5-4-6-8-13)20(12-18)14(25)19-11-15(2,21)16(17)9-10-16;7-6-4-2-1-3-5-6/h4-8,12,18,21H,3,9-11H2,1-2H3,(H,19,25);1-5H. The maximum Gasteiger partial charge on any atom is 0.349 e. The third-order valence-electron chi connectivity index (χ3n) is 4.82. The quantitative estimate of drug-likeness (QED) is 0.117. The van der Waals surface area contributed by atoms with E-state index in [-0.39, 0.29) is 11.7 Å². The van der Waals surface area contributed by atoms with Gasteiger partial charge >= 0.3 is 6.64 Å². The van der Waals surface area contributed by atoms with Gasteiger partial charge in [-0.2, -0.15) is 0 Å². The van der Waals surface area contributed by atoms with Crippen LogP contribution in [-0.2, 0) is 16.3 Å². The maximum absolute atomic E-state index is 10.5. The van der Waals surface area contributed by atoms with Crippen LogP contribution in [-0.4, -0.2) is 44.9 Å². The van der Waals surface area contributed by atoms with Gasteiger partial charge in [-0.3, -0.25) is 5.41 Å². The Balaban J connectivity index is 0.000000468. The molecule has 0 bridgehead atoms. The highest BCUT2D eigenvalue weighted by Crippen LogP contribution is 2.52. The molecule has 0 saturated heterocycles. The summed E-state index contributed by atoms with van der Waals surface area (Å²) in [5.41, 5.74) is -1.14. The molecule has 2 atom stereocenters. The zero-order valence-electron chi connectivity index (χ0n) is 18.4. The van der Waals surface area contributed by atoms with E-state index in [1.54, 1.807) is 26.0 Å². The summed E-state index contributed by atoms with van der Waals surface area (Å²) in [6.45, 7) is 0.785. The minimum absolute atomic E-state index is 0.131. The molecule has 1 fully saturated rings. The fourth-order valence-electron chi connectivity index (χ4n) is 2.70. The Morgan fingerprint density at radius 3 is 2.21 bits per heavy atom. The lowest BCUT2D eigenvalue weighted by molar-refractivity contribution is 0.0517. The van der Waals surface area contributed by atoms with Crippen molar-refractivity contribution < 1.29 is 14.2 Å². The third kappa shape index (κ3) is 8.18. The summed E-state index contributed by atoms with van der Waals surface area (Å²) in [7, 11) is 0. The lowest BCUT2D eigenvalue weighted by Gasteiger charge is -2.34. The molecule has 1 aliphatic carbocycles. The number of aliphatic hydroxyl groups is 1. The summed E-state index contributed by atoms with van der Waals surface area (Å²) in [6.07, 6.45) is 2.48. The Morgan fingerprint density at radius 2 is 1.79 bits per heavy atom. The second-order valence-electron chi connectivity index (χ2n) is 7.46. The summed E-state index contributed by atoms with van der Waals surface area (Å²) >= 11 is 22.8. The van der Waals surface area contributed by atoms with Gasteiger partial charge in [0.15, 0.2) is 5.11 Å². The van der Waals surface area contributed by atoms with Crippen LogP contribution in [0.15, 0.2) is 60.7 Å². The molecular weight excluding hydrogens is 520 g/mol. The van der Waals surface area contributed by atoms with Gasteiger partial charge in [-0.15, -0.1) is 11.6 Å². The molecule has 0 heterocycles. The third-order valence-corrected chi connectivity index (χ3v) is 9.27. The fraction of sp³-hybridized carbons (Fsp3) is 0.364. The largest absolute Gasteiger partial charge is 0.428 e. The minimum atomic E-state index is -3.11. The molecule has 33 heavy (non-hydrogen) atoms. The van der Waals surface area contributed by atoms with E-state index in [1.165, 1.54) is 4.67 Å². The smallest absolute Gasteiger partial charge is 0.349 e. The van der Waals surface area contributed by atoms with Crippen molar-refractivity contribution in [3.05, 3.63) is 65.7 Å². The van der Waals surface area contributed by atoms with Gasteiger partial charge in [0, 0.05) is 11.6 Å². The highest BCUT2D eigenvalue weighted by Gasteiger charge is 2.55. The van der Waals surface area contributed by atoms with Crippen molar-refractivity contribution >= 4 is 65.3 Å². The number of alkyl halides is 1. The Morgan fingerprint density at radius 1 is 1.24 bits per heavy atom. The van der Waals surface area contributed by atoms with Crippen LogP contribution in [0.5, 0.6) is 5.75 Å². The zero-order chi connectivity index (χ0) is 24.5. The number of hydrogen-bond acceptors (Lipinski definition) is 6. The Labute approximate surface area is 215 Å². The van der Waals surface area contributed by atoms with Gasteiger partial charge in [0.05, 0.1) is 23.4 Å². The first-order valence-electron chi connectivity index (χ1n) is 10.3. The Hall–Kier alpha value is -1.25. The van der Waals surface area contributed by atoms with Crippen molar-refractivity contribution in [2.45, 2.75) is 37.2 Å². The predicted molar refractivity (Wildman–Crippen MR) is 144 cm³/mol. The monoisotopic (exact) mass is 547 g/mol. The number of nitrogens with zero attached hydrogens (tertiary/aromatic N) is 1. The first-order valence-corrected chi connectivity index (χ1v) is 14.0. The van der Waals surface area contributed by atoms with Crippen LogP contribution in [0.1, 0.15) is 26.7 Å². The number of halogens is 2. The molecule has 2 aromatic carbocycles. The number of hydrogen-bond donors (Lipinski definition) is 3. The molecule has 2 unspecified atom stereocenters. The van der Waals surface area contributed by atoms with E-state index >= 15 is 0 Å². The van der Waals surface area contributed by atoms with E-state index in [0.29, 0.717) is 12.4 Å². The van der Waals surface area contributed by atoms with Gasteiger partial charge in [0.25, 0.3) is 0 Å². The Bertz CT molecular complexity index is 964. The van der Waals surface area contributed by atoms with E-state index in [9.17, 15) is 5.11 Å². The van der Waals surface area contributed by atoms with Crippen LogP contribution < -0.4 is 9.84 Å². The van der Waals surface area contributed by atoms with Crippen LogP contribution in [0.25, 0.3) is 0 Å². The normalized spacial score (nSPS) is 17.2. The molecule has 6 nitrogen and oxygen atoms in total. The number of nitrogens with one attached hydrogen (secondary N) is 2. The van der Waals surface area contributed by atoms with Crippen LogP contribution in [0, 0.1) is 5.41 Å². The first-order chi connectivity index (χ1) is 15.6. The topological polar surface area (TPSA) is 77.8 Å². The molecular formula is C22H28Cl2N3O3PS2. The molecule has 3 N–H and O–H groups in total. The summed E-state index contributed by atoms with van der Waals surface area (Å²) in [5, 5.41) is 22.2. The molecule has 2 aromatic rings. The van der Waals surface area contributed by atoms with Crippen molar-refractivity contribution in [2.75, 3.05) is 13.2 Å². The van der Waals surface area contributed by atoms with Gasteiger partial charge in [-0.1, -0.05) is 48.0 Å². The zero-order valence-corrected chi connectivity index (χ0v) is 22.4. The first kappa shape index (κ1) is 28.0. The van der Waals surface area contributed by atoms with Gasteiger partial charge in [-0.25, -0.2) is 4.67 Å². The van der Waals surface area contributed by atoms with Gasteiger partial charge < -0.3 is 19.5 Å². The van der Waals surface area contributed by atoms with Crippen molar-refractivity contribution in [3.63, 3.8) is 0 Å². The van der Waals surface area contributed by atoms with Crippen LogP contribution >= 0.6 is 42.1 Å². The number of benzene rings is 2. The second-order valence-corrected chi connectivity index (χ2v) is 12.2. The summed E-state index contributed by atoms with van der Waals surface area (Å²) in [5.74, 6) is 0.531. The van der Waals surface area contributed by atoms with E-state index in [4.69, 9.17) is 61.7 Å². The average Bonchev–Trinajstić information content (AvgIpc) is 3.54. The molecule has 11 heteroatoms. The maximum atomic E-state index is 10.5. The number of rotatable bonds is 9. The highest BCUT2D eigenvalue weighted by molar-refractivity contribution is 8.09. The van der Waals surface area contributed by atoms with Crippen molar-refractivity contribution in [3.8, 4) is 5.75 Å². The van der Waals surface area contributed by atoms with E-state index in [0.717, 1.165) is 24.2 Å². The molecule has 0 aromatic heterocycles. The van der Waals surface area contributed by atoms with Crippen LogP contribution in [0.3, 0.4) is 0 Å². The van der Waals surface area contributed by atoms with Crippen LogP contribution in [0.2, 0.25) is 5.02 Å². The molecule has 3 rings (SSSR count). The van der Waals surface area contributed by atoms with Crippen molar-refractivity contribution in [1.82, 2.24) is 9.99 Å². The fourth-order valence-corrected chi connectivity index (χ4v) is 5.99. The SMILES string of the molecule is CCOP(=S)(Oc1ccccc1)N(C=N)C(=S)NCC(C)(O)C1(Cl)CC1.Clc1ccccc1. The van der Waals surface area contributed by atoms with Gasteiger partial charge in [0.1, 0.15) is 5.75 Å². The van der Waals surface area contributed by atoms with Crippen molar-refractivity contribution in [1.29, 1.82) is 5.41 Å². The molecule has 0 radical (unpaired) electrons.